The van der Waals surface area contributed by atoms with Gasteiger partial charge in [-0.25, -0.2) is 22.7 Å². The molecule has 0 aliphatic heterocycles. The van der Waals surface area contributed by atoms with Gasteiger partial charge in [-0.3, -0.25) is 0 Å². The second kappa shape index (κ2) is 10.8. The molecule has 3 aromatic rings. The van der Waals surface area contributed by atoms with Gasteiger partial charge in [-0.2, -0.15) is 4.31 Å². The predicted octanol–water partition coefficient (Wildman–Crippen LogP) is 2.72. The number of nitrogens with one attached hydrogen (secondary N) is 2. The Labute approximate surface area is 202 Å². The molecule has 0 unspecified atom stereocenters. The van der Waals surface area contributed by atoms with Crippen molar-refractivity contribution in [1.29, 1.82) is 0 Å². The molecular weight excluding hydrogens is 484 g/mol. The van der Waals surface area contributed by atoms with Gasteiger partial charge in [-0.05, 0) is 36.4 Å². The fourth-order valence-electron chi connectivity index (χ4n) is 3.34. The molecule has 0 radical (unpaired) electrons. The molecule has 0 aliphatic rings. The maximum Gasteiger partial charge on any atom is 0.339 e. The number of methoxy groups -OCH3 is 1. The monoisotopic (exact) mass is 508 g/mol. The quantitative estimate of drug-likeness (QED) is 0.424. The zero-order valence-corrected chi connectivity index (χ0v) is 20.5. The zero-order chi connectivity index (χ0) is 24.9. The fourth-order valence-corrected chi connectivity index (χ4v) is 4.99. The van der Waals surface area contributed by atoms with Gasteiger partial charge >= 0.3 is 12.0 Å². The van der Waals surface area contributed by atoms with Crippen LogP contribution in [0.15, 0.2) is 41.3 Å². The summed E-state index contributed by atoms with van der Waals surface area (Å²) in [5.74, 6) is -0.608. The van der Waals surface area contributed by atoms with E-state index in [4.69, 9.17) is 16.3 Å². The minimum atomic E-state index is -3.61. The van der Waals surface area contributed by atoms with Crippen LogP contribution in [0, 0.1) is 0 Å². The fraction of sp³-hybridized carbons (Fsp3) is 0.333. The summed E-state index contributed by atoms with van der Waals surface area (Å²) in [6, 6.07) is 8.52. The largest absolute Gasteiger partial charge is 0.465 e. The number of amides is 2. The molecule has 0 aliphatic carbocycles. The van der Waals surface area contributed by atoms with Gasteiger partial charge in [-0.15, -0.1) is 5.10 Å². The van der Waals surface area contributed by atoms with E-state index in [1.165, 1.54) is 41.7 Å². The van der Waals surface area contributed by atoms with Gasteiger partial charge in [0.25, 0.3) is 0 Å². The summed E-state index contributed by atoms with van der Waals surface area (Å²) in [4.78, 5) is 24.4. The number of esters is 1. The van der Waals surface area contributed by atoms with Crippen molar-refractivity contribution in [2.45, 2.75) is 25.3 Å². The van der Waals surface area contributed by atoms with Crippen LogP contribution in [0.2, 0.25) is 5.02 Å². The third-order valence-electron chi connectivity index (χ3n) is 5.07. The lowest BCUT2D eigenvalue weighted by atomic mass is 10.2. The van der Waals surface area contributed by atoms with Crippen molar-refractivity contribution in [3.63, 3.8) is 0 Å². The molecule has 1 heterocycles. The SMILES string of the molecule is CCN(CC)S(=O)(=O)c1ccc2c(c1)nnn2CCNC(=O)Nc1cc(Cl)ccc1C(=O)OC. The van der Waals surface area contributed by atoms with Crippen molar-refractivity contribution in [2.75, 3.05) is 32.1 Å². The summed E-state index contributed by atoms with van der Waals surface area (Å²) in [6.45, 7) is 4.77. The Bertz CT molecular complexity index is 1310. The molecule has 11 nitrogen and oxygen atoms in total. The lowest BCUT2D eigenvalue weighted by Crippen LogP contribution is -2.32. The number of carbonyl (C=O) groups excluding carboxylic acids is 2. The smallest absolute Gasteiger partial charge is 0.339 e. The van der Waals surface area contributed by atoms with Crippen LogP contribution in [-0.2, 0) is 21.3 Å². The first-order chi connectivity index (χ1) is 16.2. The van der Waals surface area contributed by atoms with Gasteiger partial charge in [0.2, 0.25) is 10.0 Å². The average Bonchev–Trinajstić information content (AvgIpc) is 3.21. The van der Waals surface area contributed by atoms with Crippen LogP contribution in [0.5, 0.6) is 0 Å². The van der Waals surface area contributed by atoms with Crippen molar-refractivity contribution in [1.82, 2.24) is 24.6 Å². The first-order valence-electron chi connectivity index (χ1n) is 10.5. The predicted molar refractivity (Wildman–Crippen MR) is 127 cm³/mol. The van der Waals surface area contributed by atoms with Crippen LogP contribution in [0.25, 0.3) is 11.0 Å². The third-order valence-corrected chi connectivity index (χ3v) is 7.35. The lowest BCUT2D eigenvalue weighted by Gasteiger charge is -2.18. The zero-order valence-electron chi connectivity index (χ0n) is 18.9. The molecule has 182 valence electrons. The Hall–Kier alpha value is -3.22. The van der Waals surface area contributed by atoms with Crippen molar-refractivity contribution in [3.8, 4) is 0 Å². The van der Waals surface area contributed by atoms with E-state index in [0.717, 1.165) is 0 Å². The maximum absolute atomic E-state index is 12.7. The molecule has 3 rings (SSSR count). The lowest BCUT2D eigenvalue weighted by molar-refractivity contribution is 0.0602. The number of sulfonamides is 1. The molecular formula is C21H25ClN6O5S. The molecule has 0 saturated heterocycles. The molecule has 0 saturated carbocycles. The number of fused-ring (bicyclic) bond motifs is 1. The summed E-state index contributed by atoms with van der Waals surface area (Å²) in [5, 5.41) is 13.7. The van der Waals surface area contributed by atoms with E-state index in [2.05, 4.69) is 20.9 Å². The molecule has 2 N–H and O–H groups in total. The average molecular weight is 509 g/mol. The Kier molecular flexibility index (Phi) is 8.07. The molecule has 2 aromatic carbocycles. The number of aromatic nitrogens is 3. The van der Waals surface area contributed by atoms with E-state index in [1.54, 1.807) is 24.6 Å². The summed E-state index contributed by atoms with van der Waals surface area (Å²) in [6.07, 6.45) is 0. The second-order valence-corrected chi connectivity index (χ2v) is 9.49. The normalized spacial score (nSPS) is 11.6. The molecule has 13 heteroatoms. The van der Waals surface area contributed by atoms with Crippen LogP contribution in [0.3, 0.4) is 0 Å². The Balaban J connectivity index is 1.66. The third kappa shape index (κ3) is 5.46. The van der Waals surface area contributed by atoms with Crippen LogP contribution < -0.4 is 10.6 Å². The molecule has 0 atom stereocenters. The molecule has 34 heavy (non-hydrogen) atoms. The highest BCUT2D eigenvalue weighted by Gasteiger charge is 2.22. The summed E-state index contributed by atoms with van der Waals surface area (Å²) in [7, 11) is -2.37. The van der Waals surface area contributed by atoms with Gasteiger partial charge in [-0.1, -0.05) is 30.7 Å². The summed E-state index contributed by atoms with van der Waals surface area (Å²) < 4.78 is 33.1. The molecule has 0 spiro atoms. The Morgan fingerprint density at radius 3 is 2.56 bits per heavy atom. The van der Waals surface area contributed by atoms with Crippen LogP contribution in [0.1, 0.15) is 24.2 Å². The molecule has 0 bridgehead atoms. The molecule has 1 aromatic heterocycles. The Morgan fingerprint density at radius 1 is 1.15 bits per heavy atom. The number of rotatable bonds is 9. The number of anilines is 1. The summed E-state index contributed by atoms with van der Waals surface area (Å²) >= 11 is 5.97. The van der Waals surface area contributed by atoms with Crippen LogP contribution >= 0.6 is 11.6 Å². The van der Waals surface area contributed by atoms with Gasteiger partial charge in [0, 0.05) is 24.7 Å². The van der Waals surface area contributed by atoms with Crippen molar-refractivity contribution < 1.29 is 22.7 Å². The summed E-state index contributed by atoms with van der Waals surface area (Å²) in [5.41, 5.74) is 1.44. The van der Waals surface area contributed by atoms with E-state index in [-0.39, 0.29) is 29.2 Å². The maximum atomic E-state index is 12.7. The van der Waals surface area contributed by atoms with Gasteiger partial charge in [0.05, 0.1) is 35.3 Å². The first-order valence-corrected chi connectivity index (χ1v) is 12.3. The minimum absolute atomic E-state index is 0.149. The van der Waals surface area contributed by atoms with E-state index >= 15 is 0 Å². The van der Waals surface area contributed by atoms with E-state index in [9.17, 15) is 18.0 Å². The number of urea groups is 1. The standard InChI is InChI=1S/C21H25ClN6O5S/c1-4-27(5-2)34(31,32)15-7-9-19-18(13-15)25-26-28(19)11-10-23-21(30)24-17-12-14(22)6-8-16(17)20(29)33-3/h6-9,12-13H,4-5,10-11H2,1-3H3,(H2,23,24,30). The highest BCUT2D eigenvalue weighted by Crippen LogP contribution is 2.22. The topological polar surface area (TPSA) is 136 Å². The van der Waals surface area contributed by atoms with E-state index < -0.39 is 22.0 Å². The van der Waals surface area contributed by atoms with Gasteiger partial charge in [0.15, 0.2) is 0 Å². The number of halogens is 1. The van der Waals surface area contributed by atoms with Crippen molar-refractivity contribution >= 4 is 50.3 Å². The number of nitrogens with zero attached hydrogens (tertiary/aromatic N) is 4. The first kappa shape index (κ1) is 25.4. The molecule has 2 amide bonds. The van der Waals surface area contributed by atoms with Crippen LogP contribution in [-0.4, -0.2) is 66.5 Å². The number of benzene rings is 2. The van der Waals surface area contributed by atoms with Gasteiger partial charge < -0.3 is 15.4 Å². The van der Waals surface area contributed by atoms with Crippen LogP contribution in [0.4, 0.5) is 10.5 Å². The number of ether oxygens (including phenoxy) is 1. The minimum Gasteiger partial charge on any atom is -0.465 e. The highest BCUT2D eigenvalue weighted by atomic mass is 35.5. The van der Waals surface area contributed by atoms with Crippen molar-refractivity contribution in [3.05, 3.63) is 47.0 Å². The highest BCUT2D eigenvalue weighted by molar-refractivity contribution is 7.89. The number of hydrogen-bond donors (Lipinski definition) is 2. The Morgan fingerprint density at radius 2 is 1.88 bits per heavy atom. The van der Waals surface area contributed by atoms with Gasteiger partial charge in [0.1, 0.15) is 5.52 Å². The second-order valence-electron chi connectivity index (χ2n) is 7.11. The number of hydrogen-bond acceptors (Lipinski definition) is 7. The van der Waals surface area contributed by atoms with E-state index in [1.807, 2.05) is 0 Å². The molecule has 0 fully saturated rings. The van der Waals surface area contributed by atoms with Crippen molar-refractivity contribution in [2.24, 2.45) is 0 Å². The number of carbonyl (C=O) groups is 2. The van der Waals surface area contributed by atoms with E-state index in [0.29, 0.717) is 29.1 Å².